The van der Waals surface area contributed by atoms with Crippen LogP contribution < -0.4 is 22.3 Å². The summed E-state index contributed by atoms with van der Waals surface area (Å²) in [6.45, 7) is 4.11. The van der Waals surface area contributed by atoms with Crippen LogP contribution in [0.4, 0.5) is 21.0 Å². The highest BCUT2D eigenvalue weighted by Gasteiger charge is 2.27. The number of piperidine rings is 2. The molecule has 13 nitrogen and oxygen atoms in total. The second-order valence-electron chi connectivity index (χ2n) is 12.3. The number of nitrogens with two attached hydrogens (primary N) is 2. The maximum atomic E-state index is 12.3. The second-order valence-corrected chi connectivity index (χ2v) is 12.3. The van der Waals surface area contributed by atoms with Crippen molar-refractivity contribution in [1.29, 1.82) is 0 Å². The lowest BCUT2D eigenvalue weighted by atomic mass is 10.0. The number of rotatable bonds is 9. The molecule has 0 saturated carbocycles. The lowest BCUT2D eigenvalue weighted by Crippen LogP contribution is -2.50. The number of nitrogens with zero attached hydrogens (tertiary/aromatic N) is 7. The monoisotopic (exact) mass is 677 g/mol. The van der Waals surface area contributed by atoms with Crippen LogP contribution in [0, 0.1) is 0 Å². The molecule has 6 rings (SSSR count). The van der Waals surface area contributed by atoms with E-state index in [0.29, 0.717) is 45.3 Å². The lowest BCUT2D eigenvalue weighted by molar-refractivity contribution is 0.115. The first-order chi connectivity index (χ1) is 24.4. The van der Waals surface area contributed by atoms with Crippen molar-refractivity contribution in [3.05, 3.63) is 121 Å². The van der Waals surface area contributed by atoms with Crippen LogP contribution in [-0.2, 0) is 6.54 Å². The zero-order valence-electron chi connectivity index (χ0n) is 28.3. The molecule has 13 heteroatoms. The van der Waals surface area contributed by atoms with Gasteiger partial charge in [0, 0.05) is 87.2 Å². The van der Waals surface area contributed by atoms with Crippen molar-refractivity contribution in [1.82, 2.24) is 34.8 Å². The number of anilines is 2. The third-order valence-corrected chi connectivity index (χ3v) is 8.80. The van der Waals surface area contributed by atoms with Crippen LogP contribution in [0.1, 0.15) is 36.9 Å². The van der Waals surface area contributed by atoms with E-state index in [1.165, 1.54) is 5.56 Å². The van der Waals surface area contributed by atoms with Crippen LogP contribution in [0.25, 0.3) is 6.08 Å². The van der Waals surface area contributed by atoms with Gasteiger partial charge in [0.15, 0.2) is 0 Å². The Labute approximate surface area is 293 Å². The van der Waals surface area contributed by atoms with E-state index in [2.05, 4.69) is 49.9 Å². The maximum Gasteiger partial charge on any atom is 0.321 e. The minimum absolute atomic E-state index is 0.0674. The normalized spacial score (nSPS) is 15.5. The van der Waals surface area contributed by atoms with E-state index in [1.807, 2.05) is 56.2 Å². The molecule has 0 atom stereocenters. The number of hydrogen-bond donors (Lipinski definition) is 4. The summed E-state index contributed by atoms with van der Waals surface area (Å²) < 4.78 is 0. The zero-order chi connectivity index (χ0) is 35.0. The summed E-state index contributed by atoms with van der Waals surface area (Å²) in [7, 11) is 0. The fraction of sp³-hybridized carbons (Fsp3) is 0.324. The Hall–Kier alpha value is -5.21. The van der Waals surface area contributed by atoms with Crippen molar-refractivity contribution in [2.24, 2.45) is 11.7 Å². The predicted molar refractivity (Wildman–Crippen MR) is 196 cm³/mol. The molecule has 2 saturated heterocycles. The molecule has 5 heterocycles. The number of urea groups is 2. The van der Waals surface area contributed by atoms with E-state index in [1.54, 1.807) is 55.2 Å². The second kappa shape index (κ2) is 19.1. The van der Waals surface area contributed by atoms with E-state index in [9.17, 15) is 9.59 Å². The number of nitrogens with one attached hydrogen (secondary N) is 2. The topological polar surface area (TPSA) is 162 Å². The number of benzene rings is 1. The third kappa shape index (κ3) is 11.4. The number of carbonyl (C=O) groups is 2. The van der Waals surface area contributed by atoms with Gasteiger partial charge in [0.2, 0.25) is 0 Å². The molecule has 2 fully saturated rings. The molecule has 0 spiro atoms. The molecule has 2 aliphatic heterocycles. The molecule has 3 aromatic heterocycles. The Morgan fingerprint density at radius 2 is 1.18 bits per heavy atom. The van der Waals surface area contributed by atoms with Gasteiger partial charge in [-0.25, -0.2) is 19.6 Å². The fourth-order valence-electron chi connectivity index (χ4n) is 5.91. The Bertz CT molecular complexity index is 1600. The highest BCUT2D eigenvalue weighted by Crippen LogP contribution is 2.18. The van der Waals surface area contributed by atoms with Gasteiger partial charge in [-0.2, -0.15) is 0 Å². The number of amides is 4. The number of hydrazine groups is 2. The summed E-state index contributed by atoms with van der Waals surface area (Å²) in [6, 6.07) is 23.5. The quantitative estimate of drug-likeness (QED) is 0.144. The smallest absolute Gasteiger partial charge is 0.321 e. The average Bonchev–Trinajstić information content (AvgIpc) is 3.17. The highest BCUT2D eigenvalue weighted by atomic mass is 16.2. The highest BCUT2D eigenvalue weighted by molar-refractivity contribution is 5.89. The molecule has 50 heavy (non-hydrogen) atoms. The van der Waals surface area contributed by atoms with Crippen LogP contribution in [0.2, 0.25) is 0 Å². The Morgan fingerprint density at radius 3 is 1.68 bits per heavy atom. The fourth-order valence-corrected chi connectivity index (χ4v) is 5.91. The summed E-state index contributed by atoms with van der Waals surface area (Å²) in [5.41, 5.74) is 3.65. The maximum absolute atomic E-state index is 12.3. The first-order valence-corrected chi connectivity index (χ1v) is 17.0. The van der Waals surface area contributed by atoms with Gasteiger partial charge in [-0.05, 0) is 67.6 Å². The molecule has 0 bridgehead atoms. The molecule has 262 valence electrons. The van der Waals surface area contributed by atoms with Crippen LogP contribution in [0.15, 0.2) is 110 Å². The average molecular weight is 678 g/mol. The van der Waals surface area contributed by atoms with Crippen LogP contribution in [0.3, 0.4) is 0 Å². The molecule has 1 aromatic carbocycles. The zero-order valence-corrected chi connectivity index (χ0v) is 28.3. The molecule has 0 unspecified atom stereocenters. The van der Waals surface area contributed by atoms with Crippen molar-refractivity contribution < 1.29 is 9.59 Å². The summed E-state index contributed by atoms with van der Waals surface area (Å²) in [6.07, 6.45) is 16.0. The van der Waals surface area contributed by atoms with Crippen LogP contribution >= 0.6 is 0 Å². The van der Waals surface area contributed by atoms with Crippen molar-refractivity contribution >= 4 is 29.5 Å². The van der Waals surface area contributed by atoms with E-state index in [4.69, 9.17) is 11.7 Å². The number of likely N-dealkylation sites (tertiary alicyclic amines) is 2. The number of hydrogen-bond acceptors (Lipinski definition) is 9. The molecule has 6 N–H and O–H groups in total. The van der Waals surface area contributed by atoms with Gasteiger partial charge in [0.1, 0.15) is 0 Å². The van der Waals surface area contributed by atoms with Gasteiger partial charge in [-0.3, -0.25) is 26.6 Å². The SMILES string of the molecule is NN(C/C=C/c1ccccc1)C1CCN(C(=O)Nc2ccncc2)CC1.NN(Cc1ccccn1)C1CCN(C(=O)Nc2ccncc2)CC1. The van der Waals surface area contributed by atoms with E-state index in [0.717, 1.165) is 42.8 Å². The minimum atomic E-state index is -0.0760. The molecule has 0 radical (unpaired) electrons. The molecule has 4 amide bonds. The first-order valence-electron chi connectivity index (χ1n) is 17.0. The predicted octanol–water partition coefficient (Wildman–Crippen LogP) is 4.82. The summed E-state index contributed by atoms with van der Waals surface area (Å²) >= 11 is 0. The number of aromatic nitrogens is 3. The van der Waals surface area contributed by atoms with Gasteiger partial charge in [0.05, 0.1) is 12.2 Å². The van der Waals surface area contributed by atoms with Gasteiger partial charge in [-0.1, -0.05) is 48.6 Å². The number of pyridine rings is 3. The van der Waals surface area contributed by atoms with Crippen molar-refractivity contribution in [2.45, 2.75) is 44.3 Å². The van der Waals surface area contributed by atoms with Crippen molar-refractivity contribution in [3.8, 4) is 0 Å². The lowest BCUT2D eigenvalue weighted by Gasteiger charge is -2.36. The van der Waals surface area contributed by atoms with Gasteiger partial charge in [0.25, 0.3) is 0 Å². The van der Waals surface area contributed by atoms with Gasteiger partial charge < -0.3 is 20.4 Å². The Morgan fingerprint density at radius 1 is 0.680 bits per heavy atom. The van der Waals surface area contributed by atoms with E-state index in [-0.39, 0.29) is 18.1 Å². The first kappa shape index (κ1) is 36.1. The summed E-state index contributed by atoms with van der Waals surface area (Å²) in [4.78, 5) is 40.4. The summed E-state index contributed by atoms with van der Waals surface area (Å²) in [5.74, 6) is 12.4. The standard InChI is InChI=1S/C20H25N5O.C17H22N6O/c21-25(14-4-7-17-5-2-1-3-6-17)19-10-15-24(16-11-19)20(26)23-18-8-12-22-13-9-18;18-23(13-15-3-1-2-8-20-15)16-6-11-22(12-7-16)17(24)21-14-4-9-19-10-5-14/h1-9,12-13,19H,10-11,14-16,21H2,(H,22,23,26);1-5,8-10,16H,6-7,11-13,18H2,(H,19,21,24)/b7-4+;. The van der Waals surface area contributed by atoms with Gasteiger partial charge >= 0.3 is 12.1 Å². The largest absolute Gasteiger partial charge is 0.324 e. The number of carbonyl (C=O) groups excluding carboxylic acids is 2. The van der Waals surface area contributed by atoms with E-state index < -0.39 is 0 Å². The molecule has 4 aromatic rings. The minimum Gasteiger partial charge on any atom is -0.324 e. The van der Waals surface area contributed by atoms with E-state index >= 15 is 0 Å². The Balaban J connectivity index is 0.000000195. The van der Waals surface area contributed by atoms with Crippen molar-refractivity contribution in [3.63, 3.8) is 0 Å². The van der Waals surface area contributed by atoms with Gasteiger partial charge in [-0.15, -0.1) is 0 Å². The van der Waals surface area contributed by atoms with Crippen molar-refractivity contribution in [2.75, 3.05) is 43.4 Å². The summed E-state index contributed by atoms with van der Waals surface area (Å²) in [5, 5.41) is 9.49. The molecule has 2 aliphatic rings. The molecular formula is C37H47N11O2. The Kier molecular flexibility index (Phi) is 13.8. The molecule has 0 aliphatic carbocycles. The third-order valence-electron chi connectivity index (χ3n) is 8.80. The van der Waals surface area contributed by atoms with Crippen LogP contribution in [0.5, 0.6) is 0 Å². The van der Waals surface area contributed by atoms with Crippen LogP contribution in [-0.4, -0.2) is 91.6 Å². The molecular weight excluding hydrogens is 630 g/mol.